The van der Waals surface area contributed by atoms with Crippen molar-refractivity contribution in [1.29, 1.82) is 0 Å². The zero-order valence-electron chi connectivity index (χ0n) is 11.7. The smallest absolute Gasteiger partial charge is 0.130 e. The van der Waals surface area contributed by atoms with Gasteiger partial charge in [-0.3, -0.25) is 4.98 Å². The molecule has 0 atom stereocenters. The second-order valence-electron chi connectivity index (χ2n) is 4.43. The predicted octanol–water partition coefficient (Wildman–Crippen LogP) is 2.40. The Morgan fingerprint density at radius 2 is 2.10 bits per heavy atom. The lowest BCUT2D eigenvalue weighted by Gasteiger charge is -2.08. The minimum absolute atomic E-state index is 0.487. The van der Waals surface area contributed by atoms with Gasteiger partial charge in [0.05, 0.1) is 12.3 Å². The number of aromatic nitrogens is 1. The van der Waals surface area contributed by atoms with Gasteiger partial charge in [0.25, 0.3) is 0 Å². The number of rotatable bonds is 8. The molecule has 0 unspecified atom stereocenters. The summed E-state index contributed by atoms with van der Waals surface area (Å²) in [5, 5.41) is 3.31. The third kappa shape index (κ3) is 4.99. The number of methoxy groups -OCH3 is 1. The molecule has 4 heteroatoms. The van der Waals surface area contributed by atoms with E-state index in [0.29, 0.717) is 6.61 Å². The Hall–Kier alpha value is -1.91. The maximum absolute atomic E-state index is 5.75. The van der Waals surface area contributed by atoms with Crippen molar-refractivity contribution in [3.8, 4) is 5.75 Å². The fraction of sp³-hybridized carbons (Fsp3) is 0.312. The minimum atomic E-state index is 0.487. The van der Waals surface area contributed by atoms with Gasteiger partial charge in [-0.05, 0) is 29.8 Å². The molecule has 0 aliphatic heterocycles. The molecule has 106 valence electrons. The number of hydrogen-bond acceptors (Lipinski definition) is 4. The SMILES string of the molecule is COCCNCc1cccc(OCc2ccccn2)c1. The first kappa shape index (κ1) is 14.5. The van der Waals surface area contributed by atoms with E-state index in [1.165, 1.54) is 5.56 Å². The third-order valence-electron chi connectivity index (χ3n) is 2.82. The summed E-state index contributed by atoms with van der Waals surface area (Å²) in [5.74, 6) is 0.863. The average Bonchev–Trinajstić information content (AvgIpc) is 2.51. The summed E-state index contributed by atoms with van der Waals surface area (Å²) in [6.07, 6.45) is 1.77. The summed E-state index contributed by atoms with van der Waals surface area (Å²) in [4.78, 5) is 4.24. The molecule has 0 aliphatic carbocycles. The lowest BCUT2D eigenvalue weighted by molar-refractivity contribution is 0.199. The van der Waals surface area contributed by atoms with Crippen LogP contribution in [-0.4, -0.2) is 25.2 Å². The van der Waals surface area contributed by atoms with E-state index in [9.17, 15) is 0 Å². The van der Waals surface area contributed by atoms with Crippen LogP contribution >= 0.6 is 0 Å². The molecule has 0 amide bonds. The van der Waals surface area contributed by atoms with Gasteiger partial charge < -0.3 is 14.8 Å². The molecule has 20 heavy (non-hydrogen) atoms. The third-order valence-corrected chi connectivity index (χ3v) is 2.82. The molecule has 0 spiro atoms. The first-order chi connectivity index (χ1) is 9.88. The van der Waals surface area contributed by atoms with Crippen LogP contribution in [0.2, 0.25) is 0 Å². The monoisotopic (exact) mass is 272 g/mol. The lowest BCUT2D eigenvalue weighted by atomic mass is 10.2. The van der Waals surface area contributed by atoms with E-state index < -0.39 is 0 Å². The van der Waals surface area contributed by atoms with Gasteiger partial charge in [0, 0.05) is 26.4 Å². The van der Waals surface area contributed by atoms with E-state index in [-0.39, 0.29) is 0 Å². The molecule has 1 aromatic carbocycles. The molecular formula is C16H20N2O2. The number of pyridine rings is 1. The Bertz CT molecular complexity index is 503. The van der Waals surface area contributed by atoms with Crippen molar-refractivity contribution >= 4 is 0 Å². The maximum Gasteiger partial charge on any atom is 0.130 e. The quantitative estimate of drug-likeness (QED) is 0.749. The van der Waals surface area contributed by atoms with Gasteiger partial charge in [0.15, 0.2) is 0 Å². The summed E-state index contributed by atoms with van der Waals surface area (Å²) >= 11 is 0. The van der Waals surface area contributed by atoms with Crippen LogP contribution in [0.4, 0.5) is 0 Å². The van der Waals surface area contributed by atoms with Gasteiger partial charge in [-0.25, -0.2) is 0 Å². The molecule has 1 aromatic heterocycles. The van der Waals surface area contributed by atoms with Crippen LogP contribution in [0, 0.1) is 0 Å². The van der Waals surface area contributed by atoms with Gasteiger partial charge in [0.1, 0.15) is 12.4 Å². The van der Waals surface area contributed by atoms with Crippen molar-refractivity contribution in [2.75, 3.05) is 20.3 Å². The summed E-state index contributed by atoms with van der Waals surface area (Å²) in [6.45, 7) is 2.86. The molecule has 2 rings (SSSR count). The topological polar surface area (TPSA) is 43.4 Å². The van der Waals surface area contributed by atoms with E-state index in [0.717, 1.165) is 31.1 Å². The number of nitrogens with zero attached hydrogens (tertiary/aromatic N) is 1. The van der Waals surface area contributed by atoms with E-state index in [2.05, 4.69) is 16.4 Å². The Balaban J connectivity index is 1.83. The van der Waals surface area contributed by atoms with Crippen molar-refractivity contribution in [2.24, 2.45) is 0 Å². The van der Waals surface area contributed by atoms with Crippen molar-refractivity contribution in [2.45, 2.75) is 13.2 Å². The highest BCUT2D eigenvalue weighted by Gasteiger charge is 1.99. The first-order valence-electron chi connectivity index (χ1n) is 6.70. The van der Waals surface area contributed by atoms with Crippen LogP contribution in [0.1, 0.15) is 11.3 Å². The molecule has 0 saturated heterocycles. The average molecular weight is 272 g/mol. The summed E-state index contributed by atoms with van der Waals surface area (Å²) in [6, 6.07) is 13.9. The number of ether oxygens (including phenoxy) is 2. The summed E-state index contributed by atoms with van der Waals surface area (Å²) in [7, 11) is 1.70. The second-order valence-corrected chi connectivity index (χ2v) is 4.43. The zero-order valence-corrected chi connectivity index (χ0v) is 11.7. The largest absolute Gasteiger partial charge is 0.487 e. The first-order valence-corrected chi connectivity index (χ1v) is 6.70. The second kappa shape index (κ2) is 8.30. The van der Waals surface area contributed by atoms with Gasteiger partial charge in [-0.15, -0.1) is 0 Å². The molecule has 1 heterocycles. The van der Waals surface area contributed by atoms with E-state index in [1.54, 1.807) is 13.3 Å². The summed E-state index contributed by atoms with van der Waals surface area (Å²) < 4.78 is 10.7. The van der Waals surface area contributed by atoms with E-state index in [4.69, 9.17) is 9.47 Å². The Kier molecular flexibility index (Phi) is 6.02. The number of benzene rings is 1. The fourth-order valence-corrected chi connectivity index (χ4v) is 1.79. The van der Waals surface area contributed by atoms with Crippen molar-refractivity contribution < 1.29 is 9.47 Å². The minimum Gasteiger partial charge on any atom is -0.487 e. The van der Waals surface area contributed by atoms with Crippen LogP contribution in [0.25, 0.3) is 0 Å². The Morgan fingerprint density at radius 3 is 2.90 bits per heavy atom. The molecule has 2 aromatic rings. The molecule has 0 bridgehead atoms. The molecule has 0 radical (unpaired) electrons. The predicted molar refractivity (Wildman–Crippen MR) is 78.6 cm³/mol. The molecule has 0 fully saturated rings. The van der Waals surface area contributed by atoms with Crippen LogP contribution in [0.5, 0.6) is 5.75 Å². The van der Waals surface area contributed by atoms with E-state index in [1.807, 2.05) is 36.4 Å². The lowest BCUT2D eigenvalue weighted by Crippen LogP contribution is -2.18. The highest BCUT2D eigenvalue weighted by molar-refractivity contribution is 5.28. The zero-order chi connectivity index (χ0) is 14.0. The fourth-order valence-electron chi connectivity index (χ4n) is 1.79. The number of nitrogens with one attached hydrogen (secondary N) is 1. The van der Waals surface area contributed by atoms with Crippen LogP contribution in [0.15, 0.2) is 48.7 Å². The standard InChI is InChI=1S/C16H20N2O2/c1-19-10-9-17-12-14-5-4-7-16(11-14)20-13-15-6-2-3-8-18-15/h2-8,11,17H,9-10,12-13H2,1H3. The highest BCUT2D eigenvalue weighted by Crippen LogP contribution is 2.14. The number of hydrogen-bond donors (Lipinski definition) is 1. The van der Waals surface area contributed by atoms with Gasteiger partial charge in [-0.2, -0.15) is 0 Å². The highest BCUT2D eigenvalue weighted by atomic mass is 16.5. The van der Waals surface area contributed by atoms with Crippen LogP contribution < -0.4 is 10.1 Å². The van der Waals surface area contributed by atoms with Gasteiger partial charge in [-0.1, -0.05) is 18.2 Å². The molecule has 0 saturated carbocycles. The van der Waals surface area contributed by atoms with Crippen molar-refractivity contribution in [3.63, 3.8) is 0 Å². The normalized spacial score (nSPS) is 10.4. The maximum atomic E-state index is 5.75. The Labute approximate surface area is 119 Å². The van der Waals surface area contributed by atoms with Crippen molar-refractivity contribution in [1.82, 2.24) is 10.3 Å². The Morgan fingerprint density at radius 1 is 1.15 bits per heavy atom. The van der Waals surface area contributed by atoms with Crippen LogP contribution in [0.3, 0.4) is 0 Å². The summed E-state index contributed by atoms with van der Waals surface area (Å²) in [5.41, 5.74) is 2.12. The molecular weight excluding hydrogens is 252 g/mol. The van der Waals surface area contributed by atoms with E-state index >= 15 is 0 Å². The molecule has 0 aliphatic rings. The van der Waals surface area contributed by atoms with Crippen molar-refractivity contribution in [3.05, 3.63) is 59.9 Å². The van der Waals surface area contributed by atoms with Gasteiger partial charge in [0.2, 0.25) is 0 Å². The van der Waals surface area contributed by atoms with Gasteiger partial charge >= 0.3 is 0 Å². The molecule has 1 N–H and O–H groups in total. The van der Waals surface area contributed by atoms with Crippen LogP contribution in [-0.2, 0) is 17.9 Å². The molecule has 4 nitrogen and oxygen atoms in total.